The summed E-state index contributed by atoms with van der Waals surface area (Å²) in [7, 11) is 0. The molecule has 0 bridgehead atoms. The van der Waals surface area contributed by atoms with Crippen molar-refractivity contribution < 1.29 is 28.2 Å². The first-order valence-corrected chi connectivity index (χ1v) is 9.82. The standard InChI is InChI=1S/C22H30FNO5/c1-6-15(2)28-21(26)24-12-10-17(11-13-24)27-14-16-8-7-9-18(19(16)23)20(25)29-22(3,4)5/h6-9,17H,10-14H2,1-5H3/b15-6+. The van der Waals surface area contributed by atoms with Gasteiger partial charge in [-0.2, -0.15) is 0 Å². The molecule has 1 aromatic rings. The molecule has 1 heterocycles. The van der Waals surface area contributed by atoms with Crippen molar-refractivity contribution in [2.75, 3.05) is 13.1 Å². The van der Waals surface area contributed by atoms with E-state index in [1.54, 1.807) is 57.7 Å². The Bertz CT molecular complexity index is 761. The Labute approximate surface area is 171 Å². The zero-order chi connectivity index (χ0) is 21.6. The number of esters is 1. The number of hydrogen-bond donors (Lipinski definition) is 0. The molecule has 0 radical (unpaired) electrons. The summed E-state index contributed by atoms with van der Waals surface area (Å²) in [5.74, 6) is -0.751. The first-order chi connectivity index (χ1) is 13.6. The van der Waals surface area contributed by atoms with Crippen LogP contribution in [0.15, 0.2) is 30.0 Å². The van der Waals surface area contributed by atoms with Crippen molar-refractivity contribution in [1.29, 1.82) is 0 Å². The summed E-state index contributed by atoms with van der Waals surface area (Å²) in [4.78, 5) is 25.8. The third kappa shape index (κ3) is 6.85. The normalized spacial score (nSPS) is 15.9. The average Bonchev–Trinajstić information content (AvgIpc) is 2.66. The molecule has 1 amide bonds. The summed E-state index contributed by atoms with van der Waals surface area (Å²) < 4.78 is 31.0. The van der Waals surface area contributed by atoms with Crippen molar-refractivity contribution in [2.24, 2.45) is 0 Å². The van der Waals surface area contributed by atoms with Gasteiger partial charge in [-0.1, -0.05) is 12.1 Å². The number of hydrogen-bond acceptors (Lipinski definition) is 5. The number of ether oxygens (including phenoxy) is 3. The molecule has 0 unspecified atom stereocenters. The summed E-state index contributed by atoms with van der Waals surface area (Å²) in [6.07, 6.45) is 2.55. The summed E-state index contributed by atoms with van der Waals surface area (Å²) in [5.41, 5.74) is -0.492. The van der Waals surface area contributed by atoms with E-state index < -0.39 is 17.4 Å². The van der Waals surface area contributed by atoms with Crippen molar-refractivity contribution >= 4 is 12.1 Å². The fourth-order valence-corrected chi connectivity index (χ4v) is 2.86. The fraction of sp³-hybridized carbons (Fsp3) is 0.545. The number of benzene rings is 1. The van der Waals surface area contributed by atoms with Crippen molar-refractivity contribution in [3.63, 3.8) is 0 Å². The lowest BCUT2D eigenvalue weighted by Crippen LogP contribution is -2.41. The maximum Gasteiger partial charge on any atom is 0.414 e. The average molecular weight is 407 g/mol. The Kier molecular flexibility index (Phi) is 7.79. The van der Waals surface area contributed by atoms with Gasteiger partial charge in [-0.15, -0.1) is 0 Å². The maximum absolute atomic E-state index is 14.7. The Morgan fingerprint density at radius 3 is 2.48 bits per heavy atom. The molecule has 29 heavy (non-hydrogen) atoms. The van der Waals surface area contributed by atoms with Crippen molar-refractivity contribution in [3.8, 4) is 0 Å². The SMILES string of the molecule is C/C=C(\C)OC(=O)N1CCC(OCc2cccc(C(=O)OC(C)(C)C)c2F)CC1. The highest BCUT2D eigenvalue weighted by Gasteiger charge is 2.26. The van der Waals surface area contributed by atoms with E-state index in [2.05, 4.69) is 0 Å². The largest absolute Gasteiger partial charge is 0.456 e. The minimum absolute atomic E-state index is 0.0509. The molecule has 2 rings (SSSR count). The molecule has 0 aromatic heterocycles. The van der Waals surface area contributed by atoms with E-state index in [-0.39, 0.29) is 24.4 Å². The smallest absolute Gasteiger partial charge is 0.414 e. The first kappa shape index (κ1) is 22.9. The van der Waals surface area contributed by atoms with Crippen LogP contribution in [0, 0.1) is 5.82 Å². The van der Waals surface area contributed by atoms with Gasteiger partial charge in [-0.25, -0.2) is 14.0 Å². The zero-order valence-corrected chi connectivity index (χ0v) is 17.8. The Balaban J connectivity index is 1.89. The number of carbonyl (C=O) groups excluding carboxylic acids is 2. The highest BCUT2D eigenvalue weighted by atomic mass is 19.1. The second-order valence-corrected chi connectivity index (χ2v) is 8.05. The van der Waals surface area contributed by atoms with Crippen LogP contribution in [-0.4, -0.2) is 41.8 Å². The van der Waals surface area contributed by atoms with Crippen LogP contribution < -0.4 is 0 Å². The van der Waals surface area contributed by atoms with Gasteiger partial charge in [0.05, 0.1) is 18.3 Å². The predicted octanol–water partition coefficient (Wildman–Crippen LogP) is 4.82. The molecule has 1 saturated heterocycles. The molecule has 160 valence electrons. The van der Waals surface area contributed by atoms with Gasteiger partial charge in [0.2, 0.25) is 0 Å². The molecule has 0 atom stereocenters. The van der Waals surface area contributed by atoms with Crippen LogP contribution in [0.25, 0.3) is 0 Å². The van der Waals surface area contributed by atoms with Crippen molar-refractivity contribution in [1.82, 2.24) is 4.90 Å². The van der Waals surface area contributed by atoms with E-state index in [1.807, 2.05) is 0 Å². The van der Waals surface area contributed by atoms with Gasteiger partial charge in [0.15, 0.2) is 0 Å². The first-order valence-electron chi connectivity index (χ1n) is 9.82. The number of amides is 1. The van der Waals surface area contributed by atoms with Crippen LogP contribution in [0.2, 0.25) is 0 Å². The van der Waals surface area contributed by atoms with E-state index in [0.29, 0.717) is 37.3 Å². The van der Waals surface area contributed by atoms with Gasteiger partial charge in [-0.3, -0.25) is 0 Å². The van der Waals surface area contributed by atoms with Crippen LogP contribution in [0.4, 0.5) is 9.18 Å². The van der Waals surface area contributed by atoms with E-state index >= 15 is 0 Å². The number of halogens is 1. The molecule has 7 heteroatoms. The third-order valence-electron chi connectivity index (χ3n) is 4.53. The number of rotatable bonds is 5. The molecule has 0 spiro atoms. The molecule has 6 nitrogen and oxygen atoms in total. The molecule has 1 aromatic carbocycles. The number of likely N-dealkylation sites (tertiary alicyclic amines) is 1. The maximum atomic E-state index is 14.7. The van der Waals surface area contributed by atoms with Gasteiger partial charge >= 0.3 is 12.1 Å². The van der Waals surface area contributed by atoms with Gasteiger partial charge in [0.1, 0.15) is 17.2 Å². The van der Waals surface area contributed by atoms with E-state index in [4.69, 9.17) is 14.2 Å². The Morgan fingerprint density at radius 2 is 1.90 bits per heavy atom. The monoisotopic (exact) mass is 407 g/mol. The zero-order valence-electron chi connectivity index (χ0n) is 17.8. The van der Waals surface area contributed by atoms with Crippen molar-refractivity contribution in [2.45, 2.75) is 65.8 Å². The molecule has 1 aliphatic rings. The van der Waals surface area contributed by atoms with Gasteiger partial charge in [-0.05, 0) is 59.6 Å². The Morgan fingerprint density at radius 1 is 1.24 bits per heavy atom. The van der Waals surface area contributed by atoms with Crippen LogP contribution in [-0.2, 0) is 20.8 Å². The lowest BCUT2D eigenvalue weighted by Gasteiger charge is -2.31. The highest BCUT2D eigenvalue weighted by Crippen LogP contribution is 2.21. The van der Waals surface area contributed by atoms with Crippen LogP contribution in [0.5, 0.6) is 0 Å². The molecular weight excluding hydrogens is 377 g/mol. The minimum atomic E-state index is -0.698. The Hall–Kier alpha value is -2.41. The predicted molar refractivity (Wildman–Crippen MR) is 107 cm³/mol. The lowest BCUT2D eigenvalue weighted by atomic mass is 10.1. The summed E-state index contributed by atoms with van der Waals surface area (Å²) in [5, 5.41) is 0. The number of carbonyl (C=O) groups is 2. The van der Waals surface area contributed by atoms with Gasteiger partial charge in [0.25, 0.3) is 0 Å². The second kappa shape index (κ2) is 9.87. The van der Waals surface area contributed by atoms with Crippen LogP contribution in [0.1, 0.15) is 63.4 Å². The number of allylic oxidation sites excluding steroid dienone is 2. The van der Waals surface area contributed by atoms with E-state index in [1.165, 1.54) is 6.07 Å². The van der Waals surface area contributed by atoms with Crippen LogP contribution >= 0.6 is 0 Å². The summed E-state index contributed by atoms with van der Waals surface area (Å²) in [6, 6.07) is 4.61. The third-order valence-corrected chi connectivity index (χ3v) is 4.53. The van der Waals surface area contributed by atoms with Crippen LogP contribution in [0.3, 0.4) is 0 Å². The minimum Gasteiger partial charge on any atom is -0.456 e. The lowest BCUT2D eigenvalue weighted by molar-refractivity contribution is -0.00208. The quantitative estimate of drug-likeness (QED) is 0.517. The fourth-order valence-electron chi connectivity index (χ4n) is 2.86. The molecule has 1 fully saturated rings. The number of piperidine rings is 1. The molecule has 0 N–H and O–H groups in total. The van der Waals surface area contributed by atoms with Gasteiger partial charge < -0.3 is 19.1 Å². The van der Waals surface area contributed by atoms with E-state index in [0.717, 1.165) is 0 Å². The molecule has 0 aliphatic carbocycles. The highest BCUT2D eigenvalue weighted by molar-refractivity contribution is 5.90. The number of nitrogens with zero attached hydrogens (tertiary/aromatic N) is 1. The molecule has 0 saturated carbocycles. The second-order valence-electron chi connectivity index (χ2n) is 8.05. The van der Waals surface area contributed by atoms with Gasteiger partial charge in [0, 0.05) is 18.7 Å². The molecular formula is C22H30FNO5. The topological polar surface area (TPSA) is 65.1 Å². The van der Waals surface area contributed by atoms with E-state index in [9.17, 15) is 14.0 Å². The molecule has 1 aliphatic heterocycles. The van der Waals surface area contributed by atoms with Crippen molar-refractivity contribution in [3.05, 3.63) is 47.0 Å². The summed E-state index contributed by atoms with van der Waals surface area (Å²) in [6.45, 7) is 9.82. The summed E-state index contributed by atoms with van der Waals surface area (Å²) >= 11 is 0.